The second kappa shape index (κ2) is 8.84. The molecule has 148 valence electrons. The molecular formula is C23H21NO4S. The molecule has 1 amide bonds. The van der Waals surface area contributed by atoms with Crippen LogP contribution in [0.4, 0.5) is 4.79 Å². The van der Waals surface area contributed by atoms with Crippen LogP contribution in [0.15, 0.2) is 82.8 Å². The number of carbonyl (C=O) groups is 1. The molecule has 1 atom stereocenters. The lowest BCUT2D eigenvalue weighted by atomic mass is 10.2. The molecule has 0 radical (unpaired) electrons. The molecule has 0 saturated heterocycles. The monoisotopic (exact) mass is 407 g/mol. The van der Waals surface area contributed by atoms with E-state index in [9.17, 15) is 4.79 Å². The minimum atomic E-state index is -0.394. The summed E-state index contributed by atoms with van der Waals surface area (Å²) in [5.41, 5.74) is 0.728. The number of thiophene rings is 1. The number of rotatable bonds is 7. The Kier molecular flexibility index (Phi) is 5.81. The van der Waals surface area contributed by atoms with Crippen LogP contribution >= 0.6 is 11.3 Å². The molecule has 4 aromatic rings. The number of fused-ring (bicyclic) bond motifs is 1. The Bertz CT molecular complexity index is 1060. The van der Waals surface area contributed by atoms with Gasteiger partial charge < -0.3 is 18.8 Å². The van der Waals surface area contributed by atoms with Crippen LogP contribution in [0, 0.1) is 0 Å². The van der Waals surface area contributed by atoms with Gasteiger partial charge in [0.2, 0.25) is 0 Å². The smallest absolute Gasteiger partial charge is 0.414 e. The maximum absolute atomic E-state index is 12.4. The van der Waals surface area contributed by atoms with Crippen LogP contribution in [0.2, 0.25) is 0 Å². The molecule has 0 unspecified atom stereocenters. The van der Waals surface area contributed by atoms with Gasteiger partial charge in [-0.05, 0) is 35.7 Å². The second-order valence-electron chi connectivity index (χ2n) is 6.61. The summed E-state index contributed by atoms with van der Waals surface area (Å²) < 4.78 is 17.3. The number of benzene rings is 2. The molecule has 29 heavy (non-hydrogen) atoms. The van der Waals surface area contributed by atoms with Crippen molar-refractivity contribution >= 4 is 28.4 Å². The van der Waals surface area contributed by atoms with E-state index in [1.165, 1.54) is 0 Å². The standard InChI is InChI=1S/C23H21NO4S/c1-24(23(25)27-18-8-3-2-4-9-18)14-12-19(21-11-6-16-29-21)28-20-10-5-7-17-13-15-26-22(17)20/h2-11,13,15-16,19H,12,14H2,1H3/t19-/m1/s1. The van der Waals surface area contributed by atoms with Gasteiger partial charge in [-0.25, -0.2) is 4.79 Å². The normalized spacial score (nSPS) is 11.9. The van der Waals surface area contributed by atoms with Crippen molar-refractivity contribution in [3.8, 4) is 11.5 Å². The first-order valence-corrected chi connectivity index (χ1v) is 10.2. The third-order valence-electron chi connectivity index (χ3n) is 4.56. The Balaban J connectivity index is 1.44. The topological polar surface area (TPSA) is 51.9 Å². The van der Waals surface area contributed by atoms with Crippen molar-refractivity contribution in [2.24, 2.45) is 0 Å². The Morgan fingerprint density at radius 2 is 1.93 bits per heavy atom. The summed E-state index contributed by atoms with van der Waals surface area (Å²) in [6.45, 7) is 0.488. The van der Waals surface area contributed by atoms with Crippen LogP contribution in [0.25, 0.3) is 11.0 Å². The molecule has 5 nitrogen and oxygen atoms in total. The predicted octanol–water partition coefficient (Wildman–Crippen LogP) is 6.14. The van der Waals surface area contributed by atoms with Crippen LogP contribution < -0.4 is 9.47 Å². The molecule has 0 bridgehead atoms. The van der Waals surface area contributed by atoms with Crippen LogP contribution in [0.3, 0.4) is 0 Å². The van der Waals surface area contributed by atoms with Gasteiger partial charge in [-0.15, -0.1) is 11.3 Å². The molecule has 2 aromatic carbocycles. The molecule has 0 N–H and O–H groups in total. The highest BCUT2D eigenvalue weighted by Crippen LogP contribution is 2.33. The molecule has 0 aliphatic heterocycles. The van der Waals surface area contributed by atoms with Crippen molar-refractivity contribution in [3.63, 3.8) is 0 Å². The van der Waals surface area contributed by atoms with E-state index in [4.69, 9.17) is 13.9 Å². The largest absolute Gasteiger partial charge is 0.481 e. The number of amides is 1. The third kappa shape index (κ3) is 4.60. The van der Waals surface area contributed by atoms with E-state index in [1.807, 2.05) is 60.0 Å². The van der Waals surface area contributed by atoms with Gasteiger partial charge in [-0.1, -0.05) is 36.4 Å². The Hall–Kier alpha value is -3.25. The van der Waals surface area contributed by atoms with Crippen LogP contribution in [-0.2, 0) is 0 Å². The van der Waals surface area contributed by atoms with Crippen molar-refractivity contribution in [2.45, 2.75) is 12.5 Å². The summed E-state index contributed by atoms with van der Waals surface area (Å²) in [7, 11) is 1.73. The van der Waals surface area contributed by atoms with Gasteiger partial charge in [0, 0.05) is 30.3 Å². The molecule has 6 heteroatoms. The first-order valence-electron chi connectivity index (χ1n) is 9.35. The maximum atomic E-state index is 12.4. The first-order chi connectivity index (χ1) is 14.2. The van der Waals surface area contributed by atoms with Crippen molar-refractivity contribution in [1.82, 2.24) is 4.90 Å². The number of hydrogen-bond acceptors (Lipinski definition) is 5. The summed E-state index contributed by atoms with van der Waals surface area (Å²) in [5.74, 6) is 1.22. The number of hydrogen-bond donors (Lipinski definition) is 0. The molecule has 0 fully saturated rings. The Morgan fingerprint density at radius 1 is 1.07 bits per heavy atom. The molecule has 2 aromatic heterocycles. The van der Waals surface area contributed by atoms with Gasteiger partial charge in [0.15, 0.2) is 11.3 Å². The van der Waals surface area contributed by atoms with E-state index < -0.39 is 6.09 Å². The van der Waals surface area contributed by atoms with E-state index >= 15 is 0 Å². The molecule has 0 aliphatic rings. The number of ether oxygens (including phenoxy) is 2. The lowest BCUT2D eigenvalue weighted by Gasteiger charge is -2.22. The van der Waals surface area contributed by atoms with E-state index in [-0.39, 0.29) is 6.10 Å². The van der Waals surface area contributed by atoms with Crippen LogP contribution in [0.5, 0.6) is 11.5 Å². The zero-order valence-electron chi connectivity index (χ0n) is 16.0. The molecule has 0 saturated carbocycles. The number of para-hydroxylation sites is 2. The van der Waals surface area contributed by atoms with E-state index in [1.54, 1.807) is 41.7 Å². The summed E-state index contributed by atoms with van der Waals surface area (Å²) in [4.78, 5) is 15.0. The van der Waals surface area contributed by atoms with Gasteiger partial charge in [-0.2, -0.15) is 0 Å². The molecule has 2 heterocycles. The molecular weight excluding hydrogens is 386 g/mol. The minimum Gasteiger partial charge on any atom is -0.481 e. The highest BCUT2D eigenvalue weighted by atomic mass is 32.1. The fraction of sp³-hybridized carbons (Fsp3) is 0.174. The number of furan rings is 1. The fourth-order valence-electron chi connectivity index (χ4n) is 3.01. The highest BCUT2D eigenvalue weighted by molar-refractivity contribution is 7.10. The van der Waals surface area contributed by atoms with Crippen molar-refractivity contribution in [3.05, 3.63) is 83.3 Å². The molecule has 0 aliphatic carbocycles. The van der Waals surface area contributed by atoms with Crippen molar-refractivity contribution in [2.75, 3.05) is 13.6 Å². The molecule has 4 rings (SSSR count). The van der Waals surface area contributed by atoms with Crippen LogP contribution in [-0.4, -0.2) is 24.6 Å². The summed E-state index contributed by atoms with van der Waals surface area (Å²) in [6.07, 6.45) is 1.69. The van der Waals surface area contributed by atoms with Crippen LogP contribution in [0.1, 0.15) is 17.4 Å². The first kappa shape index (κ1) is 19.1. The number of carbonyl (C=O) groups excluding carboxylic acids is 1. The second-order valence-corrected chi connectivity index (χ2v) is 7.59. The summed E-state index contributed by atoms with van der Waals surface area (Å²) in [6, 6.07) is 20.8. The van der Waals surface area contributed by atoms with Gasteiger partial charge in [0.05, 0.1) is 6.26 Å². The minimum absolute atomic E-state index is 0.197. The Labute approximate surface area is 173 Å². The zero-order valence-corrected chi connectivity index (χ0v) is 16.8. The van der Waals surface area contributed by atoms with Gasteiger partial charge in [-0.3, -0.25) is 0 Å². The predicted molar refractivity (Wildman–Crippen MR) is 114 cm³/mol. The van der Waals surface area contributed by atoms with Crippen molar-refractivity contribution < 1.29 is 18.7 Å². The average Bonchev–Trinajstić information content (AvgIpc) is 3.43. The van der Waals surface area contributed by atoms with Crippen molar-refractivity contribution in [1.29, 1.82) is 0 Å². The molecule has 0 spiro atoms. The SMILES string of the molecule is CN(CC[C@@H](Oc1cccc2ccoc12)c1cccs1)C(=O)Oc1ccccc1. The van der Waals surface area contributed by atoms with Gasteiger partial charge in [0.1, 0.15) is 11.9 Å². The average molecular weight is 407 g/mol. The maximum Gasteiger partial charge on any atom is 0.414 e. The third-order valence-corrected chi connectivity index (χ3v) is 5.52. The summed E-state index contributed by atoms with van der Waals surface area (Å²) >= 11 is 1.63. The van der Waals surface area contributed by atoms with Gasteiger partial charge in [0.25, 0.3) is 0 Å². The number of nitrogens with zero attached hydrogens (tertiary/aromatic N) is 1. The van der Waals surface area contributed by atoms with E-state index in [0.717, 1.165) is 15.8 Å². The summed E-state index contributed by atoms with van der Waals surface area (Å²) in [5, 5.41) is 3.02. The Morgan fingerprint density at radius 3 is 2.72 bits per heavy atom. The zero-order chi connectivity index (χ0) is 20.1. The van der Waals surface area contributed by atoms with E-state index in [0.29, 0.717) is 24.5 Å². The fourth-order valence-corrected chi connectivity index (χ4v) is 3.80. The highest BCUT2D eigenvalue weighted by Gasteiger charge is 2.20. The van der Waals surface area contributed by atoms with Gasteiger partial charge >= 0.3 is 6.09 Å². The lowest BCUT2D eigenvalue weighted by molar-refractivity contribution is 0.146. The lowest BCUT2D eigenvalue weighted by Crippen LogP contribution is -2.31. The quantitative estimate of drug-likeness (QED) is 0.369. The van der Waals surface area contributed by atoms with E-state index in [2.05, 4.69) is 0 Å².